The lowest BCUT2D eigenvalue weighted by atomic mass is 10.3. The van der Waals surface area contributed by atoms with Gasteiger partial charge in [-0.1, -0.05) is 13.5 Å². The summed E-state index contributed by atoms with van der Waals surface area (Å²) < 4.78 is 36.3. The van der Waals surface area contributed by atoms with Gasteiger partial charge in [0.15, 0.2) is 31.1 Å². The summed E-state index contributed by atoms with van der Waals surface area (Å²) in [5.74, 6) is -0.897. The van der Waals surface area contributed by atoms with Crippen LogP contribution in [0.5, 0.6) is 0 Å². The molecule has 200 valence electrons. The molecule has 12 heteroatoms. The fourth-order valence-corrected chi connectivity index (χ4v) is 17.5. The van der Waals surface area contributed by atoms with Crippen molar-refractivity contribution in [2.45, 2.75) is 97.8 Å². The highest BCUT2D eigenvalue weighted by atomic mass is 28.5. The molecule has 0 amide bonds. The predicted octanol–water partition coefficient (Wildman–Crippen LogP) is 5.33. The van der Waals surface area contributed by atoms with Crippen LogP contribution in [0.25, 0.3) is 0 Å². The second-order valence-corrected chi connectivity index (χ2v) is 28.3. The molecule has 0 heterocycles. The van der Waals surface area contributed by atoms with E-state index in [0.717, 1.165) is 0 Å². The third-order valence-electron chi connectivity index (χ3n) is 3.80. The molecule has 0 aromatic heterocycles. The van der Waals surface area contributed by atoms with Crippen molar-refractivity contribution in [2.75, 3.05) is 19.8 Å². The summed E-state index contributed by atoms with van der Waals surface area (Å²) in [6, 6.07) is 0.660. The highest BCUT2D eigenvalue weighted by Crippen LogP contribution is 2.29. The molecular weight excluding hydrogens is 505 g/mol. The van der Waals surface area contributed by atoms with Crippen LogP contribution in [0.4, 0.5) is 0 Å². The zero-order valence-electron chi connectivity index (χ0n) is 23.3. The SMILES string of the molecule is C=C(C)C(=O)OC(COCCC[Si](O[Si](C)(C)C)(O[Si](C)(C)C)O[Si](C)(C)C)COC(=O)CC. The van der Waals surface area contributed by atoms with Crippen molar-refractivity contribution in [3.8, 4) is 0 Å². The standard InChI is InChI=1S/C22H48O8Si4/c1-13-21(23)26-18-20(27-22(24)19(2)3)17-25-15-14-16-34(28-31(4,5)6,29-32(7,8)9)30-33(10,11)12/h20H,2,13-18H2,1,3-12H3. The normalized spacial score (nSPS) is 14.0. The van der Waals surface area contributed by atoms with Crippen molar-refractivity contribution < 1.29 is 36.1 Å². The van der Waals surface area contributed by atoms with Gasteiger partial charge < -0.3 is 26.6 Å². The Hall–Kier alpha value is -0.612. The molecule has 0 aromatic carbocycles. The van der Waals surface area contributed by atoms with E-state index in [9.17, 15) is 9.59 Å². The van der Waals surface area contributed by atoms with Crippen molar-refractivity contribution in [2.24, 2.45) is 0 Å². The first kappa shape index (κ1) is 33.4. The van der Waals surface area contributed by atoms with Gasteiger partial charge in [-0.15, -0.1) is 0 Å². The van der Waals surface area contributed by atoms with Crippen molar-refractivity contribution in [3.63, 3.8) is 0 Å². The number of esters is 2. The van der Waals surface area contributed by atoms with E-state index >= 15 is 0 Å². The van der Waals surface area contributed by atoms with Gasteiger partial charge in [0.1, 0.15) is 6.61 Å². The lowest BCUT2D eigenvalue weighted by Crippen LogP contribution is -2.60. The quantitative estimate of drug-likeness (QED) is 0.104. The van der Waals surface area contributed by atoms with Crippen LogP contribution in [0.3, 0.4) is 0 Å². The van der Waals surface area contributed by atoms with Gasteiger partial charge in [-0.25, -0.2) is 4.79 Å². The molecule has 1 atom stereocenters. The van der Waals surface area contributed by atoms with Crippen LogP contribution < -0.4 is 0 Å². The number of rotatable bonds is 17. The lowest BCUT2D eigenvalue weighted by molar-refractivity contribution is -0.159. The zero-order chi connectivity index (χ0) is 26.8. The highest BCUT2D eigenvalue weighted by molar-refractivity contribution is 6.90. The minimum Gasteiger partial charge on any atom is -0.462 e. The molecule has 0 aliphatic rings. The molecule has 8 nitrogen and oxygen atoms in total. The molecule has 0 saturated carbocycles. The minimum atomic E-state index is -2.92. The van der Waals surface area contributed by atoms with Crippen LogP contribution in [0, 0.1) is 0 Å². The van der Waals surface area contributed by atoms with Gasteiger partial charge in [0.25, 0.3) is 0 Å². The monoisotopic (exact) mass is 552 g/mol. The molecule has 0 aliphatic carbocycles. The lowest BCUT2D eigenvalue weighted by Gasteiger charge is -2.42. The smallest absolute Gasteiger partial charge is 0.462 e. The summed E-state index contributed by atoms with van der Waals surface area (Å²) in [6.45, 7) is 26.8. The van der Waals surface area contributed by atoms with E-state index < -0.39 is 45.8 Å². The molecule has 0 N–H and O–H groups in total. The molecule has 0 rings (SSSR count). The molecule has 34 heavy (non-hydrogen) atoms. The molecule has 0 aromatic rings. The summed E-state index contributed by atoms with van der Waals surface area (Å²) >= 11 is 0. The summed E-state index contributed by atoms with van der Waals surface area (Å²) in [6.07, 6.45) is 0.234. The molecule has 0 spiro atoms. The van der Waals surface area contributed by atoms with Crippen LogP contribution in [0.1, 0.15) is 26.7 Å². The van der Waals surface area contributed by atoms with E-state index in [1.54, 1.807) is 13.8 Å². The van der Waals surface area contributed by atoms with Gasteiger partial charge in [0, 0.05) is 24.6 Å². The topological polar surface area (TPSA) is 89.5 Å². The number of carbonyl (C=O) groups is 2. The van der Waals surface area contributed by atoms with E-state index in [2.05, 4.69) is 65.5 Å². The second kappa shape index (κ2) is 14.2. The fraction of sp³-hybridized carbons (Fsp3) is 0.818. The maximum atomic E-state index is 11.9. The van der Waals surface area contributed by atoms with Crippen LogP contribution in [-0.2, 0) is 36.1 Å². The summed E-state index contributed by atoms with van der Waals surface area (Å²) in [5, 5.41) is 0. The predicted molar refractivity (Wildman–Crippen MR) is 145 cm³/mol. The fourth-order valence-electron chi connectivity index (χ4n) is 2.88. The first-order chi connectivity index (χ1) is 15.3. The van der Waals surface area contributed by atoms with Gasteiger partial charge in [-0.05, 0) is 72.3 Å². The number of ether oxygens (including phenoxy) is 3. The molecular formula is C22H48O8Si4. The van der Waals surface area contributed by atoms with Crippen LogP contribution in [0.2, 0.25) is 65.0 Å². The Bertz CT molecular complexity index is 624. The van der Waals surface area contributed by atoms with Gasteiger partial charge >= 0.3 is 20.7 Å². The Kier molecular flexibility index (Phi) is 14.0. The molecule has 0 radical (unpaired) electrons. The van der Waals surface area contributed by atoms with E-state index in [-0.39, 0.29) is 31.2 Å². The van der Waals surface area contributed by atoms with Crippen molar-refractivity contribution >= 4 is 45.7 Å². The first-order valence-corrected chi connectivity index (χ1v) is 24.1. The maximum absolute atomic E-state index is 11.9. The number of hydrogen-bond acceptors (Lipinski definition) is 8. The van der Waals surface area contributed by atoms with Gasteiger partial charge in [0.2, 0.25) is 0 Å². The van der Waals surface area contributed by atoms with E-state index in [0.29, 0.717) is 19.1 Å². The maximum Gasteiger partial charge on any atom is 0.469 e. The van der Waals surface area contributed by atoms with Crippen LogP contribution in [-0.4, -0.2) is 71.6 Å². The van der Waals surface area contributed by atoms with Crippen molar-refractivity contribution in [3.05, 3.63) is 12.2 Å². The third-order valence-corrected chi connectivity index (χ3v) is 15.8. The average Bonchev–Trinajstić information content (AvgIpc) is 2.60. The largest absolute Gasteiger partial charge is 0.469 e. The van der Waals surface area contributed by atoms with Crippen LogP contribution in [0.15, 0.2) is 12.2 Å². The Labute approximate surface area is 211 Å². The second-order valence-electron chi connectivity index (χ2n) is 11.3. The summed E-state index contributed by atoms with van der Waals surface area (Å²) in [4.78, 5) is 23.5. The minimum absolute atomic E-state index is 0.0550. The molecule has 0 saturated heterocycles. The van der Waals surface area contributed by atoms with Crippen LogP contribution >= 0.6 is 0 Å². The average molecular weight is 553 g/mol. The molecule has 0 aliphatic heterocycles. The van der Waals surface area contributed by atoms with E-state index in [4.69, 9.17) is 26.6 Å². The molecule has 1 unspecified atom stereocenters. The Balaban J connectivity index is 5.22. The van der Waals surface area contributed by atoms with Crippen molar-refractivity contribution in [1.82, 2.24) is 0 Å². The number of carbonyl (C=O) groups excluding carboxylic acids is 2. The summed E-state index contributed by atoms with van der Waals surface area (Å²) in [5.41, 5.74) is 0.276. The summed E-state index contributed by atoms with van der Waals surface area (Å²) in [7, 11) is -8.71. The highest BCUT2D eigenvalue weighted by Gasteiger charge is 2.49. The Morgan fingerprint density at radius 1 is 0.824 bits per heavy atom. The zero-order valence-corrected chi connectivity index (χ0v) is 27.3. The van der Waals surface area contributed by atoms with E-state index in [1.807, 2.05) is 0 Å². The third kappa shape index (κ3) is 16.9. The van der Waals surface area contributed by atoms with Crippen molar-refractivity contribution in [1.29, 1.82) is 0 Å². The van der Waals surface area contributed by atoms with Gasteiger partial charge in [-0.3, -0.25) is 4.79 Å². The Morgan fingerprint density at radius 3 is 1.68 bits per heavy atom. The Morgan fingerprint density at radius 2 is 1.29 bits per heavy atom. The first-order valence-electron chi connectivity index (χ1n) is 12.0. The molecule has 0 fully saturated rings. The molecule has 0 bridgehead atoms. The number of hydrogen-bond donors (Lipinski definition) is 0. The van der Waals surface area contributed by atoms with Gasteiger partial charge in [0.05, 0.1) is 6.61 Å². The van der Waals surface area contributed by atoms with E-state index in [1.165, 1.54) is 0 Å². The van der Waals surface area contributed by atoms with Gasteiger partial charge in [-0.2, -0.15) is 0 Å².